The van der Waals surface area contributed by atoms with Gasteiger partial charge in [0.2, 0.25) is 0 Å². The summed E-state index contributed by atoms with van der Waals surface area (Å²) >= 11 is 0. The Morgan fingerprint density at radius 3 is 2.67 bits per heavy atom. The fourth-order valence-corrected chi connectivity index (χ4v) is 2.94. The Morgan fingerprint density at radius 1 is 1.05 bits per heavy atom. The van der Waals surface area contributed by atoms with Gasteiger partial charge in [-0.25, -0.2) is 0 Å². The molecule has 0 saturated carbocycles. The van der Waals surface area contributed by atoms with Gasteiger partial charge in [0.15, 0.2) is 0 Å². The van der Waals surface area contributed by atoms with Crippen molar-refractivity contribution >= 4 is 0 Å². The average molecular weight is 281 g/mol. The van der Waals surface area contributed by atoms with Crippen molar-refractivity contribution in [2.24, 2.45) is 0 Å². The largest absolute Gasteiger partial charge is 0.372 e. The lowest BCUT2D eigenvalue weighted by Gasteiger charge is -2.21. The highest BCUT2D eigenvalue weighted by Crippen LogP contribution is 2.28. The van der Waals surface area contributed by atoms with Crippen molar-refractivity contribution in [2.45, 2.75) is 39.5 Å². The van der Waals surface area contributed by atoms with Crippen molar-refractivity contribution in [1.29, 1.82) is 0 Å². The lowest BCUT2D eigenvalue weighted by atomic mass is 9.94. The molecule has 1 aliphatic rings. The van der Waals surface area contributed by atoms with E-state index in [9.17, 15) is 0 Å². The van der Waals surface area contributed by atoms with Crippen LogP contribution >= 0.6 is 0 Å². The summed E-state index contributed by atoms with van der Waals surface area (Å²) in [5.41, 5.74) is 6.64. The molecule has 2 nitrogen and oxygen atoms in total. The van der Waals surface area contributed by atoms with Crippen LogP contribution in [0.1, 0.15) is 47.2 Å². The van der Waals surface area contributed by atoms with Crippen molar-refractivity contribution in [2.75, 3.05) is 6.54 Å². The number of rotatable bonds is 5. The van der Waals surface area contributed by atoms with Gasteiger partial charge in [-0.2, -0.15) is 0 Å². The maximum Gasteiger partial charge on any atom is 0.0725 e. The Morgan fingerprint density at radius 2 is 1.86 bits per heavy atom. The SMILES string of the molecule is CCCNC(c1cccc(C)c1)c1ccc2c(c1)COC2. The van der Waals surface area contributed by atoms with Crippen LogP contribution in [-0.4, -0.2) is 6.54 Å². The van der Waals surface area contributed by atoms with Crippen LogP contribution in [0.2, 0.25) is 0 Å². The molecule has 0 saturated heterocycles. The van der Waals surface area contributed by atoms with E-state index in [1.54, 1.807) is 0 Å². The second-order valence-electron chi connectivity index (χ2n) is 5.82. The molecule has 0 aliphatic carbocycles. The molecule has 21 heavy (non-hydrogen) atoms. The van der Waals surface area contributed by atoms with Gasteiger partial charge in [0.05, 0.1) is 19.3 Å². The van der Waals surface area contributed by atoms with Gasteiger partial charge in [-0.15, -0.1) is 0 Å². The molecule has 1 heterocycles. The van der Waals surface area contributed by atoms with Crippen LogP contribution in [0.15, 0.2) is 42.5 Å². The first-order valence-corrected chi connectivity index (χ1v) is 7.77. The van der Waals surface area contributed by atoms with E-state index >= 15 is 0 Å². The predicted molar refractivity (Wildman–Crippen MR) is 86.3 cm³/mol. The average Bonchev–Trinajstić information content (AvgIpc) is 2.95. The summed E-state index contributed by atoms with van der Waals surface area (Å²) in [6, 6.07) is 15.8. The minimum atomic E-state index is 0.260. The number of ether oxygens (including phenoxy) is 1. The van der Waals surface area contributed by atoms with Gasteiger partial charge in [0, 0.05) is 0 Å². The van der Waals surface area contributed by atoms with Gasteiger partial charge in [-0.05, 0) is 42.1 Å². The van der Waals surface area contributed by atoms with E-state index in [-0.39, 0.29) is 6.04 Å². The fraction of sp³-hybridized carbons (Fsp3) is 0.368. The van der Waals surface area contributed by atoms with Crippen LogP contribution in [0, 0.1) is 6.92 Å². The summed E-state index contributed by atoms with van der Waals surface area (Å²) in [6.45, 7) is 6.88. The smallest absolute Gasteiger partial charge is 0.0725 e. The highest BCUT2D eigenvalue weighted by atomic mass is 16.5. The number of benzene rings is 2. The summed E-state index contributed by atoms with van der Waals surface area (Å²) < 4.78 is 5.54. The van der Waals surface area contributed by atoms with E-state index < -0.39 is 0 Å². The Labute approximate surface area is 127 Å². The van der Waals surface area contributed by atoms with E-state index in [2.05, 4.69) is 61.6 Å². The number of fused-ring (bicyclic) bond motifs is 1. The van der Waals surface area contributed by atoms with Crippen LogP contribution in [-0.2, 0) is 18.0 Å². The molecule has 0 amide bonds. The first-order chi connectivity index (χ1) is 10.3. The van der Waals surface area contributed by atoms with Gasteiger partial charge < -0.3 is 10.1 Å². The van der Waals surface area contributed by atoms with Gasteiger partial charge >= 0.3 is 0 Å². The van der Waals surface area contributed by atoms with Gasteiger partial charge in [-0.3, -0.25) is 0 Å². The van der Waals surface area contributed by atoms with Crippen molar-refractivity contribution in [3.63, 3.8) is 0 Å². The van der Waals surface area contributed by atoms with E-state index in [1.807, 2.05) is 0 Å². The molecule has 1 atom stereocenters. The summed E-state index contributed by atoms with van der Waals surface area (Å²) in [4.78, 5) is 0. The second kappa shape index (κ2) is 6.42. The minimum absolute atomic E-state index is 0.260. The molecule has 2 heteroatoms. The van der Waals surface area contributed by atoms with Gasteiger partial charge in [0.25, 0.3) is 0 Å². The Kier molecular flexibility index (Phi) is 4.37. The molecular weight excluding hydrogens is 258 g/mol. The number of aryl methyl sites for hydroxylation is 1. The molecule has 2 aromatic carbocycles. The number of hydrogen-bond donors (Lipinski definition) is 1. The third-order valence-electron chi connectivity index (χ3n) is 4.05. The molecule has 0 aromatic heterocycles. The number of hydrogen-bond acceptors (Lipinski definition) is 2. The zero-order valence-corrected chi connectivity index (χ0v) is 12.9. The standard InChI is InChI=1S/C19H23NO/c1-3-9-20-19(15-6-4-5-14(2)10-15)16-7-8-17-12-21-13-18(17)11-16/h4-8,10-11,19-20H,3,9,12-13H2,1-2H3. The van der Waals surface area contributed by atoms with E-state index in [1.165, 1.54) is 27.8 Å². The quantitative estimate of drug-likeness (QED) is 0.890. The van der Waals surface area contributed by atoms with Crippen molar-refractivity contribution < 1.29 is 4.74 Å². The Balaban J connectivity index is 1.95. The molecule has 1 N–H and O–H groups in total. The zero-order chi connectivity index (χ0) is 14.7. The van der Waals surface area contributed by atoms with Crippen LogP contribution in [0.5, 0.6) is 0 Å². The van der Waals surface area contributed by atoms with Crippen molar-refractivity contribution in [3.8, 4) is 0 Å². The van der Waals surface area contributed by atoms with Crippen molar-refractivity contribution in [1.82, 2.24) is 5.32 Å². The molecule has 0 spiro atoms. The molecule has 0 fully saturated rings. The summed E-state index contributed by atoms with van der Waals surface area (Å²) in [6.07, 6.45) is 1.14. The summed E-state index contributed by atoms with van der Waals surface area (Å²) in [5.74, 6) is 0. The highest BCUT2D eigenvalue weighted by Gasteiger charge is 2.17. The molecular formula is C19H23NO. The molecule has 0 radical (unpaired) electrons. The number of nitrogens with one attached hydrogen (secondary N) is 1. The molecule has 2 aromatic rings. The fourth-order valence-electron chi connectivity index (χ4n) is 2.94. The summed E-state index contributed by atoms with van der Waals surface area (Å²) in [5, 5.41) is 3.68. The molecule has 3 rings (SSSR count). The first kappa shape index (κ1) is 14.3. The van der Waals surface area contributed by atoms with E-state index in [0.717, 1.165) is 26.2 Å². The Bertz CT molecular complexity index is 621. The summed E-state index contributed by atoms with van der Waals surface area (Å²) in [7, 11) is 0. The van der Waals surface area contributed by atoms with Crippen LogP contribution in [0.25, 0.3) is 0 Å². The van der Waals surface area contributed by atoms with Crippen LogP contribution in [0.4, 0.5) is 0 Å². The normalized spacial score (nSPS) is 15.0. The lowest BCUT2D eigenvalue weighted by Crippen LogP contribution is -2.23. The molecule has 110 valence electrons. The topological polar surface area (TPSA) is 21.3 Å². The lowest BCUT2D eigenvalue weighted by molar-refractivity contribution is 0.134. The molecule has 0 bridgehead atoms. The van der Waals surface area contributed by atoms with Crippen LogP contribution < -0.4 is 5.32 Å². The van der Waals surface area contributed by atoms with Gasteiger partial charge in [-0.1, -0.05) is 55.0 Å². The van der Waals surface area contributed by atoms with Crippen molar-refractivity contribution in [3.05, 3.63) is 70.3 Å². The van der Waals surface area contributed by atoms with Gasteiger partial charge in [0.1, 0.15) is 0 Å². The maximum atomic E-state index is 5.54. The molecule has 1 unspecified atom stereocenters. The zero-order valence-electron chi connectivity index (χ0n) is 12.9. The predicted octanol–water partition coefficient (Wildman–Crippen LogP) is 4.11. The third kappa shape index (κ3) is 3.17. The Hall–Kier alpha value is -1.64. The van der Waals surface area contributed by atoms with E-state index in [0.29, 0.717) is 0 Å². The maximum absolute atomic E-state index is 5.54. The highest BCUT2D eigenvalue weighted by molar-refractivity contribution is 5.39. The van der Waals surface area contributed by atoms with Crippen LogP contribution in [0.3, 0.4) is 0 Å². The monoisotopic (exact) mass is 281 g/mol. The third-order valence-corrected chi connectivity index (χ3v) is 4.05. The first-order valence-electron chi connectivity index (χ1n) is 7.77. The minimum Gasteiger partial charge on any atom is -0.372 e. The molecule has 1 aliphatic heterocycles. The second-order valence-corrected chi connectivity index (χ2v) is 5.82. The van der Waals surface area contributed by atoms with E-state index in [4.69, 9.17) is 4.74 Å².